The molecule has 7 heteroatoms. The third kappa shape index (κ3) is 3.84. The summed E-state index contributed by atoms with van der Waals surface area (Å²) < 4.78 is 48.4. The smallest absolute Gasteiger partial charge is 0.450 e. The molecule has 1 aliphatic heterocycles. The molecule has 2 heterocycles. The average Bonchev–Trinajstić information content (AvgIpc) is 2.81. The molecule has 1 aromatic heterocycles. The summed E-state index contributed by atoms with van der Waals surface area (Å²) in [6, 6.07) is 14.8. The molecule has 0 spiro atoms. The van der Waals surface area contributed by atoms with Crippen LogP contribution < -0.4 is 5.43 Å². The summed E-state index contributed by atoms with van der Waals surface area (Å²) in [4.78, 5) is 15.7. The molecule has 0 bridgehead atoms. The molecule has 5 rings (SSSR count). The predicted octanol–water partition coefficient (Wildman–Crippen LogP) is 6.71. The van der Waals surface area contributed by atoms with Gasteiger partial charge in [0.25, 0.3) is 0 Å². The van der Waals surface area contributed by atoms with E-state index in [-0.39, 0.29) is 40.4 Å². The molecule has 1 N–H and O–H groups in total. The predicted molar refractivity (Wildman–Crippen MR) is 126 cm³/mol. The van der Waals surface area contributed by atoms with E-state index in [9.17, 15) is 23.1 Å². The summed E-state index contributed by atoms with van der Waals surface area (Å²) in [7, 11) is 0. The van der Waals surface area contributed by atoms with Crippen LogP contribution in [-0.2, 0) is 12.7 Å². The van der Waals surface area contributed by atoms with Crippen molar-refractivity contribution in [3.8, 4) is 16.9 Å². The molecule has 1 atom stereocenters. The number of phenolic OH excluding ortho intramolecular Hbond substituents is 1. The highest BCUT2D eigenvalue weighted by molar-refractivity contribution is 5.99. The van der Waals surface area contributed by atoms with Gasteiger partial charge in [-0.2, -0.15) is 13.2 Å². The van der Waals surface area contributed by atoms with Gasteiger partial charge in [-0.25, -0.2) is 0 Å². The molecular weight excluding hydrogens is 443 g/mol. The number of hydrogen-bond acceptors (Lipinski definition) is 4. The number of piperidine rings is 1. The molecule has 0 saturated carbocycles. The lowest BCUT2D eigenvalue weighted by atomic mass is 9.95. The van der Waals surface area contributed by atoms with Crippen LogP contribution in [0.3, 0.4) is 0 Å². The number of alkyl halides is 3. The molecule has 3 aromatic carbocycles. The monoisotopic (exact) mass is 467 g/mol. The Morgan fingerprint density at radius 3 is 2.56 bits per heavy atom. The first-order valence-electron chi connectivity index (χ1n) is 11.4. The van der Waals surface area contributed by atoms with Crippen LogP contribution in [0.15, 0.2) is 63.8 Å². The number of fused-ring (bicyclic) bond motifs is 2. The highest BCUT2D eigenvalue weighted by Crippen LogP contribution is 2.41. The van der Waals surface area contributed by atoms with E-state index in [0.717, 1.165) is 31.2 Å². The maximum Gasteiger partial charge on any atom is 0.450 e. The van der Waals surface area contributed by atoms with Crippen LogP contribution in [0.1, 0.15) is 37.5 Å². The Morgan fingerprint density at radius 1 is 1.03 bits per heavy atom. The molecule has 0 radical (unpaired) electrons. The number of hydrogen-bond donors (Lipinski definition) is 1. The van der Waals surface area contributed by atoms with E-state index in [1.165, 1.54) is 18.2 Å². The van der Waals surface area contributed by atoms with Crippen LogP contribution in [0.4, 0.5) is 13.2 Å². The number of nitrogens with zero attached hydrogens (tertiary/aromatic N) is 1. The van der Waals surface area contributed by atoms with Crippen molar-refractivity contribution >= 4 is 21.7 Å². The number of phenols is 1. The van der Waals surface area contributed by atoms with Crippen LogP contribution >= 0.6 is 0 Å². The third-order valence-corrected chi connectivity index (χ3v) is 6.76. The first-order valence-corrected chi connectivity index (χ1v) is 11.4. The van der Waals surface area contributed by atoms with E-state index >= 15 is 0 Å². The fraction of sp³-hybridized carbons (Fsp3) is 0.296. The van der Waals surface area contributed by atoms with Gasteiger partial charge >= 0.3 is 6.18 Å². The second-order valence-corrected chi connectivity index (χ2v) is 8.91. The lowest BCUT2D eigenvalue weighted by Crippen LogP contribution is -2.36. The maximum absolute atomic E-state index is 14.3. The van der Waals surface area contributed by atoms with E-state index in [4.69, 9.17) is 4.42 Å². The Hall–Kier alpha value is -3.32. The zero-order valence-corrected chi connectivity index (χ0v) is 18.7. The molecule has 0 aliphatic carbocycles. The van der Waals surface area contributed by atoms with Gasteiger partial charge in [0.2, 0.25) is 11.2 Å². The second-order valence-electron chi connectivity index (χ2n) is 8.91. The van der Waals surface area contributed by atoms with E-state index < -0.39 is 22.9 Å². The van der Waals surface area contributed by atoms with Gasteiger partial charge in [0.15, 0.2) is 0 Å². The fourth-order valence-corrected chi connectivity index (χ4v) is 4.94. The van der Waals surface area contributed by atoms with Crippen molar-refractivity contribution in [2.24, 2.45) is 0 Å². The Labute approximate surface area is 194 Å². The Bertz CT molecular complexity index is 1440. The summed E-state index contributed by atoms with van der Waals surface area (Å²) in [5.74, 6) is -1.53. The van der Waals surface area contributed by atoms with Gasteiger partial charge in [-0.15, -0.1) is 0 Å². The molecule has 176 valence electrons. The summed E-state index contributed by atoms with van der Waals surface area (Å²) in [5.41, 5.74) is -1.12. The Kier molecular flexibility index (Phi) is 5.60. The highest BCUT2D eigenvalue weighted by atomic mass is 19.4. The minimum absolute atomic E-state index is 0.0217. The lowest BCUT2D eigenvalue weighted by molar-refractivity contribution is -0.152. The molecular formula is C27H24F3NO3. The summed E-state index contributed by atoms with van der Waals surface area (Å²) >= 11 is 0. The summed E-state index contributed by atoms with van der Waals surface area (Å²) in [6.07, 6.45) is -1.88. The van der Waals surface area contributed by atoms with Gasteiger partial charge < -0.3 is 9.52 Å². The SMILES string of the molecule is C[C@@H]1CCCCN1Cc1c(O)ccc2c(=O)c(-c3cccc4ccccc34)c(C(F)(F)F)oc12. The summed E-state index contributed by atoms with van der Waals surface area (Å²) in [5, 5.41) is 11.8. The lowest BCUT2D eigenvalue weighted by Gasteiger charge is -2.33. The molecule has 34 heavy (non-hydrogen) atoms. The van der Waals surface area contributed by atoms with Crippen molar-refractivity contribution in [3.63, 3.8) is 0 Å². The number of halogens is 3. The van der Waals surface area contributed by atoms with Gasteiger partial charge in [-0.1, -0.05) is 48.9 Å². The molecule has 4 nitrogen and oxygen atoms in total. The van der Waals surface area contributed by atoms with Crippen LogP contribution in [0.5, 0.6) is 5.75 Å². The van der Waals surface area contributed by atoms with Crippen molar-refractivity contribution in [2.75, 3.05) is 6.54 Å². The van der Waals surface area contributed by atoms with Crippen molar-refractivity contribution < 1.29 is 22.7 Å². The van der Waals surface area contributed by atoms with Crippen LogP contribution in [-0.4, -0.2) is 22.6 Å². The number of rotatable bonds is 3. The molecule has 1 saturated heterocycles. The van der Waals surface area contributed by atoms with Crippen molar-refractivity contribution in [2.45, 2.75) is 44.9 Å². The van der Waals surface area contributed by atoms with Crippen LogP contribution in [0.2, 0.25) is 0 Å². The van der Waals surface area contributed by atoms with E-state index in [0.29, 0.717) is 5.39 Å². The van der Waals surface area contributed by atoms with Gasteiger partial charge in [-0.3, -0.25) is 9.69 Å². The second kappa shape index (κ2) is 8.47. The summed E-state index contributed by atoms with van der Waals surface area (Å²) in [6.45, 7) is 3.02. The van der Waals surface area contributed by atoms with Crippen LogP contribution in [0, 0.1) is 0 Å². The standard InChI is InChI=1S/C27H24F3NO3/c1-16-7-4-5-14-31(16)15-21-22(32)13-12-20-24(33)23(26(27(28,29)30)34-25(20)21)19-11-6-9-17-8-2-3-10-18(17)19/h2-3,6,8-13,16,32H,4-5,7,14-15H2,1H3/t16-/m1/s1. The highest BCUT2D eigenvalue weighted by Gasteiger charge is 2.40. The van der Waals surface area contributed by atoms with E-state index in [1.807, 2.05) is 0 Å². The van der Waals surface area contributed by atoms with Crippen LogP contribution in [0.25, 0.3) is 32.9 Å². The van der Waals surface area contributed by atoms with Gasteiger partial charge in [0.05, 0.1) is 16.5 Å². The van der Waals surface area contributed by atoms with Crippen molar-refractivity contribution in [1.82, 2.24) is 4.90 Å². The Morgan fingerprint density at radius 2 is 1.79 bits per heavy atom. The molecule has 4 aromatic rings. The molecule has 0 amide bonds. The fourth-order valence-electron chi connectivity index (χ4n) is 4.94. The normalized spacial score (nSPS) is 17.5. The average molecular weight is 467 g/mol. The number of aromatic hydroxyl groups is 1. The quantitative estimate of drug-likeness (QED) is 0.364. The molecule has 1 fully saturated rings. The zero-order valence-electron chi connectivity index (χ0n) is 18.7. The molecule has 1 aliphatic rings. The maximum atomic E-state index is 14.3. The number of benzene rings is 3. The first-order chi connectivity index (χ1) is 16.3. The zero-order chi connectivity index (χ0) is 24.0. The van der Waals surface area contributed by atoms with Gasteiger partial charge in [0, 0.05) is 12.6 Å². The third-order valence-electron chi connectivity index (χ3n) is 6.76. The van der Waals surface area contributed by atoms with E-state index in [1.54, 1.807) is 36.4 Å². The first kappa shape index (κ1) is 22.5. The minimum atomic E-state index is -4.90. The van der Waals surface area contributed by atoms with Crippen molar-refractivity contribution in [3.05, 3.63) is 76.1 Å². The topological polar surface area (TPSA) is 53.7 Å². The largest absolute Gasteiger partial charge is 0.507 e. The van der Waals surface area contributed by atoms with Gasteiger partial charge in [0.1, 0.15) is 11.3 Å². The van der Waals surface area contributed by atoms with Crippen molar-refractivity contribution in [1.29, 1.82) is 0 Å². The Balaban J connectivity index is 1.79. The minimum Gasteiger partial charge on any atom is -0.507 e. The van der Waals surface area contributed by atoms with Gasteiger partial charge in [-0.05, 0) is 54.8 Å². The van der Waals surface area contributed by atoms with E-state index in [2.05, 4.69) is 11.8 Å². The molecule has 0 unspecified atom stereocenters. The number of likely N-dealkylation sites (tertiary alicyclic amines) is 1.